The number of aryl methyl sites for hydroxylation is 1. The number of hydrogen-bond donors (Lipinski definition) is 1. The molecule has 0 unspecified atom stereocenters. The molecule has 16 heavy (non-hydrogen) atoms. The predicted molar refractivity (Wildman–Crippen MR) is 59.2 cm³/mol. The van der Waals surface area contributed by atoms with Gasteiger partial charge in [0.25, 0.3) is 0 Å². The summed E-state index contributed by atoms with van der Waals surface area (Å²) in [6, 6.07) is 8.56. The van der Waals surface area contributed by atoms with E-state index in [1.165, 1.54) is 6.07 Å². The molecule has 0 fully saturated rings. The molecule has 0 aromatic carbocycles. The zero-order valence-electron chi connectivity index (χ0n) is 8.71. The molecule has 0 aliphatic carbocycles. The Morgan fingerprint density at radius 3 is 2.75 bits per heavy atom. The molecule has 0 aliphatic rings. The Bertz CT molecular complexity index is 538. The van der Waals surface area contributed by atoms with Gasteiger partial charge in [0.1, 0.15) is 5.69 Å². The second kappa shape index (κ2) is 4.10. The fourth-order valence-corrected chi connectivity index (χ4v) is 1.46. The van der Waals surface area contributed by atoms with Crippen LogP contribution in [-0.4, -0.2) is 21.0 Å². The van der Waals surface area contributed by atoms with Gasteiger partial charge in [-0.3, -0.25) is 9.97 Å². The van der Waals surface area contributed by atoms with Crippen molar-refractivity contribution in [3.8, 4) is 11.4 Å². The van der Waals surface area contributed by atoms with Gasteiger partial charge in [-0.15, -0.1) is 0 Å². The number of aromatic nitrogens is 2. The lowest BCUT2D eigenvalue weighted by atomic mass is 10.1. The average molecular weight is 214 g/mol. The molecule has 4 heteroatoms. The van der Waals surface area contributed by atoms with Crippen molar-refractivity contribution in [2.45, 2.75) is 6.92 Å². The summed E-state index contributed by atoms with van der Waals surface area (Å²) in [7, 11) is 0. The van der Waals surface area contributed by atoms with Crippen LogP contribution in [0.2, 0.25) is 0 Å². The predicted octanol–water partition coefficient (Wildman–Crippen LogP) is 2.15. The summed E-state index contributed by atoms with van der Waals surface area (Å²) >= 11 is 0. The molecule has 0 aliphatic heterocycles. The number of aromatic carboxylic acids is 1. The maximum Gasteiger partial charge on any atom is 0.337 e. The van der Waals surface area contributed by atoms with Crippen LogP contribution in [0.5, 0.6) is 0 Å². The molecule has 0 bridgehead atoms. The molecule has 2 rings (SSSR count). The number of carboxylic acids is 1. The highest BCUT2D eigenvalue weighted by Crippen LogP contribution is 2.19. The molecule has 0 saturated heterocycles. The number of carbonyl (C=O) groups is 1. The quantitative estimate of drug-likeness (QED) is 0.831. The Hall–Kier alpha value is -2.23. The minimum Gasteiger partial charge on any atom is -0.478 e. The van der Waals surface area contributed by atoms with Crippen molar-refractivity contribution < 1.29 is 9.90 Å². The second-order valence-corrected chi connectivity index (χ2v) is 3.37. The average Bonchev–Trinajstić information content (AvgIpc) is 2.29. The molecular formula is C12H10N2O2. The van der Waals surface area contributed by atoms with Crippen LogP contribution in [-0.2, 0) is 0 Å². The first-order valence-electron chi connectivity index (χ1n) is 4.81. The maximum absolute atomic E-state index is 11.0. The SMILES string of the molecule is Cc1cccc(-c2ncccc2C(=O)O)n1. The Morgan fingerprint density at radius 1 is 1.25 bits per heavy atom. The topological polar surface area (TPSA) is 63.1 Å². The zero-order chi connectivity index (χ0) is 11.5. The maximum atomic E-state index is 11.0. The Balaban J connectivity index is 2.60. The molecule has 0 amide bonds. The van der Waals surface area contributed by atoms with Gasteiger partial charge in [-0.1, -0.05) is 6.07 Å². The van der Waals surface area contributed by atoms with E-state index in [0.29, 0.717) is 11.4 Å². The van der Waals surface area contributed by atoms with Crippen LogP contribution in [0.15, 0.2) is 36.5 Å². The van der Waals surface area contributed by atoms with E-state index < -0.39 is 5.97 Å². The molecule has 2 aromatic rings. The molecule has 0 spiro atoms. The summed E-state index contributed by atoms with van der Waals surface area (Å²) in [5.74, 6) is -0.994. The smallest absolute Gasteiger partial charge is 0.337 e. The van der Waals surface area contributed by atoms with E-state index in [1.54, 1.807) is 18.3 Å². The third-order valence-electron chi connectivity index (χ3n) is 2.17. The number of pyridine rings is 2. The summed E-state index contributed by atoms with van der Waals surface area (Å²) in [6.07, 6.45) is 1.56. The lowest BCUT2D eigenvalue weighted by molar-refractivity contribution is 0.0697. The lowest BCUT2D eigenvalue weighted by Crippen LogP contribution is -2.02. The van der Waals surface area contributed by atoms with Gasteiger partial charge in [-0.2, -0.15) is 0 Å². The summed E-state index contributed by atoms with van der Waals surface area (Å²) in [5, 5.41) is 9.03. The van der Waals surface area contributed by atoms with Gasteiger partial charge in [-0.05, 0) is 31.2 Å². The Kier molecular flexibility index (Phi) is 2.64. The molecule has 80 valence electrons. The van der Waals surface area contributed by atoms with Crippen molar-refractivity contribution in [3.05, 3.63) is 47.8 Å². The van der Waals surface area contributed by atoms with Crippen molar-refractivity contribution in [1.29, 1.82) is 0 Å². The normalized spacial score (nSPS) is 10.1. The van der Waals surface area contributed by atoms with Gasteiger partial charge in [0.2, 0.25) is 0 Å². The van der Waals surface area contributed by atoms with Crippen molar-refractivity contribution in [2.75, 3.05) is 0 Å². The Labute approximate surface area is 92.6 Å². The fraction of sp³-hybridized carbons (Fsp3) is 0.0833. The van der Waals surface area contributed by atoms with E-state index in [1.807, 2.05) is 19.1 Å². The molecule has 4 nitrogen and oxygen atoms in total. The lowest BCUT2D eigenvalue weighted by Gasteiger charge is -2.04. The van der Waals surface area contributed by atoms with E-state index >= 15 is 0 Å². The highest BCUT2D eigenvalue weighted by atomic mass is 16.4. The van der Waals surface area contributed by atoms with E-state index in [0.717, 1.165) is 5.69 Å². The van der Waals surface area contributed by atoms with Crippen molar-refractivity contribution in [3.63, 3.8) is 0 Å². The molecule has 0 atom stereocenters. The summed E-state index contributed by atoms with van der Waals surface area (Å²) in [5.41, 5.74) is 1.98. The monoisotopic (exact) mass is 214 g/mol. The van der Waals surface area contributed by atoms with Crippen molar-refractivity contribution >= 4 is 5.97 Å². The second-order valence-electron chi connectivity index (χ2n) is 3.37. The third-order valence-corrected chi connectivity index (χ3v) is 2.17. The van der Waals surface area contributed by atoms with Crippen LogP contribution >= 0.6 is 0 Å². The standard InChI is InChI=1S/C12H10N2O2/c1-8-4-2-6-10(14-8)11-9(12(15)16)5-3-7-13-11/h2-7H,1H3,(H,15,16). The molecule has 1 N–H and O–H groups in total. The molecular weight excluding hydrogens is 204 g/mol. The first-order valence-corrected chi connectivity index (χ1v) is 4.81. The Morgan fingerprint density at radius 2 is 2.06 bits per heavy atom. The van der Waals surface area contributed by atoms with Crippen LogP contribution in [0.1, 0.15) is 16.1 Å². The van der Waals surface area contributed by atoms with Gasteiger partial charge in [0, 0.05) is 11.9 Å². The van der Waals surface area contributed by atoms with E-state index in [2.05, 4.69) is 9.97 Å². The third kappa shape index (κ3) is 1.91. The highest BCUT2D eigenvalue weighted by Gasteiger charge is 2.12. The summed E-state index contributed by atoms with van der Waals surface area (Å²) in [6.45, 7) is 1.85. The van der Waals surface area contributed by atoms with Gasteiger partial charge < -0.3 is 5.11 Å². The number of rotatable bonds is 2. The van der Waals surface area contributed by atoms with Crippen LogP contribution in [0, 0.1) is 6.92 Å². The number of nitrogens with zero attached hydrogens (tertiary/aromatic N) is 2. The molecule has 0 saturated carbocycles. The number of carboxylic acid groups (broad SMARTS) is 1. The number of hydrogen-bond acceptors (Lipinski definition) is 3. The minimum absolute atomic E-state index is 0.167. The van der Waals surface area contributed by atoms with E-state index in [9.17, 15) is 4.79 Å². The first-order chi connectivity index (χ1) is 7.68. The molecule has 0 radical (unpaired) electrons. The van der Waals surface area contributed by atoms with E-state index in [-0.39, 0.29) is 5.56 Å². The van der Waals surface area contributed by atoms with Crippen molar-refractivity contribution in [2.24, 2.45) is 0 Å². The van der Waals surface area contributed by atoms with Gasteiger partial charge in [-0.25, -0.2) is 4.79 Å². The summed E-state index contributed by atoms with van der Waals surface area (Å²) < 4.78 is 0. The molecule has 2 heterocycles. The molecule has 2 aromatic heterocycles. The largest absolute Gasteiger partial charge is 0.478 e. The summed E-state index contributed by atoms with van der Waals surface area (Å²) in [4.78, 5) is 19.3. The minimum atomic E-state index is -0.994. The zero-order valence-corrected chi connectivity index (χ0v) is 8.71. The van der Waals surface area contributed by atoms with Gasteiger partial charge in [0.05, 0.1) is 11.3 Å². The first kappa shape index (κ1) is 10.3. The fourth-order valence-electron chi connectivity index (χ4n) is 1.46. The van der Waals surface area contributed by atoms with Crippen LogP contribution < -0.4 is 0 Å². The van der Waals surface area contributed by atoms with Gasteiger partial charge >= 0.3 is 5.97 Å². The van der Waals surface area contributed by atoms with Gasteiger partial charge in [0.15, 0.2) is 0 Å². The van der Waals surface area contributed by atoms with Crippen LogP contribution in [0.3, 0.4) is 0 Å². The highest BCUT2D eigenvalue weighted by molar-refractivity contribution is 5.94. The van der Waals surface area contributed by atoms with E-state index in [4.69, 9.17) is 5.11 Å². The van der Waals surface area contributed by atoms with Crippen LogP contribution in [0.25, 0.3) is 11.4 Å². The van der Waals surface area contributed by atoms with Crippen molar-refractivity contribution in [1.82, 2.24) is 9.97 Å². The van der Waals surface area contributed by atoms with Crippen LogP contribution in [0.4, 0.5) is 0 Å².